The molecule has 0 aromatic heterocycles. The van der Waals surface area contributed by atoms with Crippen molar-refractivity contribution < 1.29 is 14.2 Å². The number of benzene rings is 1. The third kappa shape index (κ3) is 6.40. The van der Waals surface area contributed by atoms with Crippen LogP contribution in [0, 0.1) is 5.82 Å². The lowest BCUT2D eigenvalue weighted by Gasteiger charge is -2.33. The average Bonchev–Trinajstić information content (AvgIpc) is 3.21. The average molecular weight is 421 g/mol. The van der Waals surface area contributed by atoms with Gasteiger partial charge in [0, 0.05) is 38.1 Å². The minimum Gasteiger partial charge on any atom is -0.387 e. The molecule has 1 heterocycles. The summed E-state index contributed by atoms with van der Waals surface area (Å²) in [5.74, 6) is 0.519. The number of aliphatic imine (C=N–C) groups is 1. The van der Waals surface area contributed by atoms with Crippen LogP contribution in [-0.2, 0) is 10.2 Å². The molecule has 1 aliphatic heterocycles. The van der Waals surface area contributed by atoms with Crippen molar-refractivity contribution in [2.75, 3.05) is 52.5 Å². The SMILES string of the molecule is CCNC(=NCC(C)(O)CN1CCOCC1)NCC1(c2ccc(F)cc2)CCCC1. The molecular weight excluding hydrogens is 383 g/mol. The second kappa shape index (κ2) is 10.6. The number of ether oxygens (including phenoxy) is 1. The van der Waals surface area contributed by atoms with Gasteiger partial charge in [0.1, 0.15) is 5.82 Å². The maximum Gasteiger partial charge on any atom is 0.191 e. The molecule has 30 heavy (non-hydrogen) atoms. The Balaban J connectivity index is 1.62. The molecule has 1 saturated carbocycles. The molecule has 7 heteroatoms. The van der Waals surface area contributed by atoms with Crippen LogP contribution in [0.4, 0.5) is 4.39 Å². The second-order valence-electron chi connectivity index (χ2n) is 8.93. The summed E-state index contributed by atoms with van der Waals surface area (Å²) in [6.07, 6.45) is 4.53. The van der Waals surface area contributed by atoms with Gasteiger partial charge in [-0.05, 0) is 44.4 Å². The Morgan fingerprint density at radius 1 is 1.20 bits per heavy atom. The lowest BCUT2D eigenvalue weighted by Crippen LogP contribution is -2.49. The fraction of sp³-hybridized carbons (Fsp3) is 0.696. The fourth-order valence-corrected chi connectivity index (χ4v) is 4.56. The monoisotopic (exact) mass is 420 g/mol. The van der Waals surface area contributed by atoms with E-state index in [1.807, 2.05) is 26.0 Å². The van der Waals surface area contributed by atoms with Crippen LogP contribution in [0.2, 0.25) is 0 Å². The number of hydrogen-bond donors (Lipinski definition) is 3. The fourth-order valence-electron chi connectivity index (χ4n) is 4.56. The van der Waals surface area contributed by atoms with Gasteiger partial charge in [-0.2, -0.15) is 0 Å². The number of nitrogens with zero attached hydrogens (tertiary/aromatic N) is 2. The van der Waals surface area contributed by atoms with E-state index in [2.05, 4.69) is 20.5 Å². The molecule has 2 fully saturated rings. The van der Waals surface area contributed by atoms with Crippen molar-refractivity contribution in [3.05, 3.63) is 35.6 Å². The molecule has 0 radical (unpaired) electrons. The molecule has 1 aromatic carbocycles. The van der Waals surface area contributed by atoms with E-state index in [1.165, 1.54) is 18.4 Å². The normalized spacial score (nSPS) is 21.9. The van der Waals surface area contributed by atoms with Gasteiger partial charge < -0.3 is 20.5 Å². The molecular formula is C23H37FN4O2. The highest BCUT2D eigenvalue weighted by atomic mass is 19.1. The Morgan fingerprint density at radius 3 is 2.50 bits per heavy atom. The number of β-amino-alcohol motifs (C(OH)–C–C–N with tert-alkyl or cyclic N) is 1. The van der Waals surface area contributed by atoms with Gasteiger partial charge >= 0.3 is 0 Å². The summed E-state index contributed by atoms with van der Waals surface area (Å²) in [5, 5.41) is 17.6. The first-order chi connectivity index (χ1) is 14.4. The minimum atomic E-state index is -0.901. The summed E-state index contributed by atoms with van der Waals surface area (Å²) in [4.78, 5) is 6.90. The first-order valence-electron chi connectivity index (χ1n) is 11.2. The molecule has 0 bridgehead atoms. The Morgan fingerprint density at radius 2 is 1.87 bits per heavy atom. The summed E-state index contributed by atoms with van der Waals surface area (Å²) < 4.78 is 18.8. The number of guanidine groups is 1. The van der Waals surface area contributed by atoms with Crippen LogP contribution in [0.5, 0.6) is 0 Å². The smallest absolute Gasteiger partial charge is 0.191 e. The topological polar surface area (TPSA) is 69.1 Å². The number of halogens is 1. The number of aliphatic hydroxyl groups is 1. The number of morpholine rings is 1. The molecule has 3 N–H and O–H groups in total. The summed E-state index contributed by atoms with van der Waals surface area (Å²) in [5.41, 5.74) is 0.283. The van der Waals surface area contributed by atoms with Gasteiger partial charge in [-0.25, -0.2) is 4.39 Å². The van der Waals surface area contributed by atoms with Gasteiger partial charge in [-0.15, -0.1) is 0 Å². The minimum absolute atomic E-state index is 0.000209. The van der Waals surface area contributed by atoms with Gasteiger partial charge in [0.05, 0.1) is 25.4 Å². The molecule has 1 unspecified atom stereocenters. The Hall–Kier alpha value is -1.70. The van der Waals surface area contributed by atoms with Crippen LogP contribution in [0.3, 0.4) is 0 Å². The summed E-state index contributed by atoms with van der Waals surface area (Å²) in [6.45, 7) is 9.40. The van der Waals surface area contributed by atoms with Gasteiger partial charge in [-0.1, -0.05) is 25.0 Å². The van der Waals surface area contributed by atoms with Crippen LogP contribution in [0.1, 0.15) is 45.1 Å². The lowest BCUT2D eigenvalue weighted by molar-refractivity contribution is -0.0180. The van der Waals surface area contributed by atoms with Gasteiger partial charge in [0.25, 0.3) is 0 Å². The molecule has 6 nitrogen and oxygen atoms in total. The number of rotatable bonds is 8. The first-order valence-corrected chi connectivity index (χ1v) is 11.2. The third-order valence-electron chi connectivity index (χ3n) is 6.20. The van der Waals surface area contributed by atoms with Gasteiger partial charge in [0.2, 0.25) is 0 Å². The summed E-state index contributed by atoms with van der Waals surface area (Å²) >= 11 is 0. The van der Waals surface area contributed by atoms with E-state index in [0.717, 1.165) is 52.2 Å². The van der Waals surface area contributed by atoms with Crippen molar-refractivity contribution in [3.63, 3.8) is 0 Å². The van der Waals surface area contributed by atoms with Crippen molar-refractivity contribution in [2.24, 2.45) is 4.99 Å². The second-order valence-corrected chi connectivity index (χ2v) is 8.93. The molecule has 1 saturated heterocycles. The van der Waals surface area contributed by atoms with E-state index in [-0.39, 0.29) is 11.2 Å². The van der Waals surface area contributed by atoms with Crippen molar-refractivity contribution in [3.8, 4) is 0 Å². The van der Waals surface area contributed by atoms with Gasteiger partial charge in [0.15, 0.2) is 5.96 Å². The molecule has 0 spiro atoms. The van der Waals surface area contributed by atoms with Crippen LogP contribution in [0.25, 0.3) is 0 Å². The summed E-state index contributed by atoms with van der Waals surface area (Å²) in [6, 6.07) is 6.94. The van der Waals surface area contributed by atoms with Crippen molar-refractivity contribution in [2.45, 2.75) is 50.5 Å². The maximum absolute atomic E-state index is 13.4. The van der Waals surface area contributed by atoms with Crippen molar-refractivity contribution >= 4 is 5.96 Å². The van der Waals surface area contributed by atoms with E-state index in [9.17, 15) is 9.50 Å². The molecule has 3 rings (SSSR count). The van der Waals surface area contributed by atoms with E-state index in [4.69, 9.17) is 4.74 Å². The zero-order valence-electron chi connectivity index (χ0n) is 18.4. The van der Waals surface area contributed by atoms with Crippen LogP contribution in [0.15, 0.2) is 29.3 Å². The van der Waals surface area contributed by atoms with E-state index < -0.39 is 5.60 Å². The van der Waals surface area contributed by atoms with E-state index >= 15 is 0 Å². The molecule has 1 atom stereocenters. The van der Waals surface area contributed by atoms with Crippen LogP contribution < -0.4 is 10.6 Å². The largest absolute Gasteiger partial charge is 0.387 e. The highest BCUT2D eigenvalue weighted by Crippen LogP contribution is 2.40. The summed E-state index contributed by atoms with van der Waals surface area (Å²) in [7, 11) is 0. The zero-order valence-corrected chi connectivity index (χ0v) is 18.4. The molecule has 2 aliphatic rings. The Labute approximate surface area is 179 Å². The standard InChI is InChI=1S/C23H37FN4O2/c1-3-25-21(26-16-22(2,29)18-28-12-14-30-15-13-28)27-17-23(10-4-5-11-23)19-6-8-20(24)9-7-19/h6-9,29H,3-5,10-18H2,1-2H3,(H2,25,26,27). The van der Waals surface area contributed by atoms with Crippen LogP contribution in [-0.4, -0.2) is 74.0 Å². The lowest BCUT2D eigenvalue weighted by atomic mass is 9.79. The predicted octanol–water partition coefficient (Wildman–Crippen LogP) is 2.28. The predicted molar refractivity (Wildman–Crippen MR) is 118 cm³/mol. The highest BCUT2D eigenvalue weighted by molar-refractivity contribution is 5.80. The Bertz CT molecular complexity index is 681. The Kier molecular flexibility index (Phi) is 8.08. The third-order valence-corrected chi connectivity index (χ3v) is 6.20. The van der Waals surface area contributed by atoms with E-state index in [0.29, 0.717) is 19.0 Å². The van der Waals surface area contributed by atoms with Crippen LogP contribution >= 0.6 is 0 Å². The zero-order chi connectivity index (χ0) is 21.5. The molecule has 1 aliphatic carbocycles. The number of nitrogens with one attached hydrogen (secondary N) is 2. The van der Waals surface area contributed by atoms with Crippen molar-refractivity contribution in [1.29, 1.82) is 0 Å². The van der Waals surface area contributed by atoms with E-state index in [1.54, 1.807) is 12.1 Å². The highest BCUT2D eigenvalue weighted by Gasteiger charge is 2.35. The molecule has 168 valence electrons. The quantitative estimate of drug-likeness (QED) is 0.445. The molecule has 0 amide bonds. The molecule has 1 aromatic rings. The first kappa shape index (κ1) is 23.0. The number of hydrogen-bond acceptors (Lipinski definition) is 4. The van der Waals surface area contributed by atoms with Gasteiger partial charge in [-0.3, -0.25) is 9.89 Å². The van der Waals surface area contributed by atoms with Crippen molar-refractivity contribution in [1.82, 2.24) is 15.5 Å². The maximum atomic E-state index is 13.4.